The highest BCUT2D eigenvalue weighted by Crippen LogP contribution is 2.31. The highest BCUT2D eigenvalue weighted by atomic mass is 35.5. The van der Waals surface area contributed by atoms with Gasteiger partial charge in [0, 0.05) is 11.6 Å². The minimum Gasteiger partial charge on any atom is -0.478 e. The van der Waals surface area contributed by atoms with Gasteiger partial charge in [-0.1, -0.05) is 55.3 Å². The first-order chi connectivity index (χ1) is 13.1. The van der Waals surface area contributed by atoms with Crippen molar-refractivity contribution < 1.29 is 14.3 Å². The smallest absolute Gasteiger partial charge is 0.335 e. The fourth-order valence-electron chi connectivity index (χ4n) is 3.05. The van der Waals surface area contributed by atoms with Gasteiger partial charge in [-0.25, -0.2) is 4.79 Å². The van der Waals surface area contributed by atoms with Crippen molar-refractivity contribution in [3.05, 3.63) is 82.6 Å². The minimum atomic E-state index is -0.994. The molecule has 0 saturated heterocycles. The van der Waals surface area contributed by atoms with Crippen molar-refractivity contribution in [3.63, 3.8) is 0 Å². The van der Waals surface area contributed by atoms with Crippen molar-refractivity contribution in [2.45, 2.75) is 32.4 Å². The van der Waals surface area contributed by atoms with Gasteiger partial charge in [-0.05, 0) is 42.3 Å². The predicted molar refractivity (Wildman–Crippen MR) is 114 cm³/mol. The van der Waals surface area contributed by atoms with Crippen LogP contribution in [-0.2, 0) is 6.54 Å². The number of furan rings is 1. The molecule has 28 heavy (non-hydrogen) atoms. The Bertz CT molecular complexity index is 909. The van der Waals surface area contributed by atoms with Crippen molar-refractivity contribution in [3.8, 4) is 11.3 Å². The van der Waals surface area contributed by atoms with E-state index in [0.29, 0.717) is 22.9 Å². The average molecular weight is 420 g/mol. The van der Waals surface area contributed by atoms with Gasteiger partial charge in [0.15, 0.2) is 0 Å². The molecule has 6 heteroatoms. The number of rotatable bonds is 8. The molecule has 1 atom stereocenters. The maximum absolute atomic E-state index is 11.2. The van der Waals surface area contributed by atoms with Crippen LogP contribution in [0.15, 0.2) is 65.1 Å². The van der Waals surface area contributed by atoms with Crippen LogP contribution in [0.4, 0.5) is 0 Å². The molecule has 1 heterocycles. The van der Waals surface area contributed by atoms with Crippen molar-refractivity contribution in [2.75, 3.05) is 0 Å². The Morgan fingerprint density at radius 1 is 1.14 bits per heavy atom. The Balaban J connectivity index is 0.00000280. The number of aromatic carboxylic acids is 1. The van der Waals surface area contributed by atoms with Gasteiger partial charge in [0.2, 0.25) is 0 Å². The number of carboxylic acid groups (broad SMARTS) is 1. The van der Waals surface area contributed by atoms with Crippen molar-refractivity contribution in [1.29, 1.82) is 0 Å². The highest BCUT2D eigenvalue weighted by Gasteiger charge is 2.14. The van der Waals surface area contributed by atoms with Crippen LogP contribution in [0.1, 0.15) is 47.5 Å². The van der Waals surface area contributed by atoms with E-state index < -0.39 is 5.97 Å². The number of halogens is 2. The average Bonchev–Trinajstić information content (AvgIpc) is 3.14. The van der Waals surface area contributed by atoms with Crippen LogP contribution in [-0.4, -0.2) is 11.1 Å². The monoisotopic (exact) mass is 419 g/mol. The van der Waals surface area contributed by atoms with Crippen LogP contribution in [0, 0.1) is 0 Å². The van der Waals surface area contributed by atoms with E-state index in [0.717, 1.165) is 18.6 Å². The van der Waals surface area contributed by atoms with Crippen LogP contribution in [0.2, 0.25) is 5.02 Å². The summed E-state index contributed by atoms with van der Waals surface area (Å²) in [5.41, 5.74) is 2.01. The zero-order valence-electron chi connectivity index (χ0n) is 15.5. The lowest BCUT2D eigenvalue weighted by Gasteiger charge is -2.18. The SMILES string of the molecule is CCCC(NCc1ccc(-c2cc(C(=O)O)ccc2Cl)o1)c1ccccc1.Cl. The summed E-state index contributed by atoms with van der Waals surface area (Å²) in [5.74, 6) is 0.345. The molecule has 3 rings (SSSR count). The maximum Gasteiger partial charge on any atom is 0.335 e. The summed E-state index contributed by atoms with van der Waals surface area (Å²) < 4.78 is 5.91. The largest absolute Gasteiger partial charge is 0.478 e. The van der Waals surface area contributed by atoms with E-state index in [1.165, 1.54) is 17.7 Å². The third kappa shape index (κ3) is 5.38. The number of benzene rings is 2. The van der Waals surface area contributed by atoms with Gasteiger partial charge in [-0.3, -0.25) is 0 Å². The van der Waals surface area contributed by atoms with Gasteiger partial charge in [-0.2, -0.15) is 0 Å². The molecule has 0 spiro atoms. The lowest BCUT2D eigenvalue weighted by molar-refractivity contribution is 0.0697. The number of hydrogen-bond acceptors (Lipinski definition) is 3. The normalized spacial score (nSPS) is 11.6. The molecule has 0 aliphatic carbocycles. The molecular formula is C22H23Cl2NO3. The van der Waals surface area contributed by atoms with Gasteiger partial charge >= 0.3 is 5.97 Å². The van der Waals surface area contributed by atoms with Gasteiger partial charge in [0.1, 0.15) is 11.5 Å². The molecule has 0 saturated carbocycles. The molecule has 4 nitrogen and oxygen atoms in total. The van der Waals surface area contributed by atoms with Crippen molar-refractivity contribution >= 4 is 30.0 Å². The Morgan fingerprint density at radius 3 is 2.57 bits per heavy atom. The summed E-state index contributed by atoms with van der Waals surface area (Å²) in [5, 5.41) is 13.2. The third-order valence-electron chi connectivity index (χ3n) is 4.44. The van der Waals surface area contributed by atoms with Crippen molar-refractivity contribution in [2.24, 2.45) is 0 Å². The van der Waals surface area contributed by atoms with Crippen LogP contribution in [0.3, 0.4) is 0 Å². The summed E-state index contributed by atoms with van der Waals surface area (Å²) in [7, 11) is 0. The van der Waals surface area contributed by atoms with E-state index >= 15 is 0 Å². The molecular weight excluding hydrogens is 397 g/mol. The molecule has 3 aromatic rings. The first kappa shape index (κ1) is 22.0. The Labute approximate surface area is 175 Å². The first-order valence-electron chi connectivity index (χ1n) is 8.98. The second-order valence-corrected chi connectivity index (χ2v) is 6.81. The second-order valence-electron chi connectivity index (χ2n) is 6.40. The maximum atomic E-state index is 11.2. The van der Waals surface area contributed by atoms with Crippen LogP contribution in [0.25, 0.3) is 11.3 Å². The predicted octanol–water partition coefficient (Wildman–Crippen LogP) is 6.35. The zero-order valence-corrected chi connectivity index (χ0v) is 17.1. The first-order valence-corrected chi connectivity index (χ1v) is 9.36. The van der Waals surface area contributed by atoms with Gasteiger partial charge < -0.3 is 14.8 Å². The van der Waals surface area contributed by atoms with E-state index in [1.807, 2.05) is 30.3 Å². The van der Waals surface area contributed by atoms with Crippen LogP contribution < -0.4 is 5.32 Å². The van der Waals surface area contributed by atoms with E-state index in [9.17, 15) is 9.90 Å². The fraction of sp³-hybridized carbons (Fsp3) is 0.227. The van der Waals surface area contributed by atoms with E-state index in [1.54, 1.807) is 6.07 Å². The number of carbonyl (C=O) groups is 1. The molecule has 0 aliphatic rings. The molecule has 2 N–H and O–H groups in total. The molecule has 148 valence electrons. The van der Waals surface area contributed by atoms with E-state index in [-0.39, 0.29) is 24.0 Å². The highest BCUT2D eigenvalue weighted by molar-refractivity contribution is 6.33. The summed E-state index contributed by atoms with van der Waals surface area (Å²) in [4.78, 5) is 11.2. The lowest BCUT2D eigenvalue weighted by atomic mass is 10.0. The van der Waals surface area contributed by atoms with Gasteiger partial charge in [0.05, 0.1) is 17.1 Å². The number of hydrogen-bond donors (Lipinski definition) is 2. The molecule has 1 unspecified atom stereocenters. The Kier molecular flexibility index (Phi) is 8.12. The Hall–Kier alpha value is -2.27. The lowest BCUT2D eigenvalue weighted by Crippen LogP contribution is -2.20. The summed E-state index contributed by atoms with van der Waals surface area (Å²) in [6.45, 7) is 2.75. The van der Waals surface area contributed by atoms with Crippen molar-refractivity contribution in [1.82, 2.24) is 5.32 Å². The molecule has 2 aromatic carbocycles. The third-order valence-corrected chi connectivity index (χ3v) is 4.77. The molecule has 0 amide bonds. The van der Waals surface area contributed by atoms with E-state index in [4.69, 9.17) is 16.0 Å². The fourth-order valence-corrected chi connectivity index (χ4v) is 3.26. The van der Waals surface area contributed by atoms with Gasteiger partial charge in [-0.15, -0.1) is 12.4 Å². The topological polar surface area (TPSA) is 62.5 Å². The summed E-state index contributed by atoms with van der Waals surface area (Å²) in [6.07, 6.45) is 2.11. The van der Waals surface area contributed by atoms with Crippen LogP contribution in [0.5, 0.6) is 0 Å². The number of nitrogens with one attached hydrogen (secondary N) is 1. The molecule has 0 bridgehead atoms. The standard InChI is InChI=1S/C22H22ClNO3.ClH/c1-2-6-20(15-7-4-3-5-8-15)24-14-17-10-12-21(27-17)18-13-16(22(25)26)9-11-19(18)23;/h3-5,7-13,20,24H,2,6,14H2,1H3,(H,25,26);1H. The second kappa shape index (κ2) is 10.3. The number of carboxylic acids is 1. The quantitative estimate of drug-likeness (QED) is 0.446. The summed E-state index contributed by atoms with van der Waals surface area (Å²) in [6, 6.07) is 18.9. The van der Waals surface area contributed by atoms with Crippen LogP contribution >= 0.6 is 24.0 Å². The molecule has 0 aliphatic heterocycles. The molecule has 0 fully saturated rings. The Morgan fingerprint density at radius 2 is 1.89 bits per heavy atom. The summed E-state index contributed by atoms with van der Waals surface area (Å²) >= 11 is 6.22. The molecule has 1 aromatic heterocycles. The molecule has 0 radical (unpaired) electrons. The minimum absolute atomic E-state index is 0. The van der Waals surface area contributed by atoms with E-state index in [2.05, 4.69) is 24.4 Å². The zero-order chi connectivity index (χ0) is 19.2. The van der Waals surface area contributed by atoms with Gasteiger partial charge in [0.25, 0.3) is 0 Å².